The van der Waals surface area contributed by atoms with Crippen molar-refractivity contribution in [2.24, 2.45) is 5.92 Å². The maximum absolute atomic E-state index is 11.8. The SMILES string of the molecule is Cc1ccc(/C=C/C(=O)N[C@H]2CC[C@@H](C(=O)O)C2)cc1. The van der Waals surface area contributed by atoms with Crippen molar-refractivity contribution < 1.29 is 14.7 Å². The molecule has 0 aromatic heterocycles. The zero-order chi connectivity index (χ0) is 14.5. The minimum atomic E-state index is -0.767. The molecule has 20 heavy (non-hydrogen) atoms. The topological polar surface area (TPSA) is 66.4 Å². The van der Waals surface area contributed by atoms with Gasteiger partial charge in [0, 0.05) is 12.1 Å². The average Bonchev–Trinajstić information content (AvgIpc) is 2.87. The Labute approximate surface area is 118 Å². The van der Waals surface area contributed by atoms with Crippen LogP contribution in [0.25, 0.3) is 6.08 Å². The van der Waals surface area contributed by atoms with Gasteiger partial charge in [-0.05, 0) is 37.8 Å². The summed E-state index contributed by atoms with van der Waals surface area (Å²) in [5.74, 6) is -1.25. The monoisotopic (exact) mass is 273 g/mol. The normalized spacial score (nSPS) is 22.1. The predicted octanol–water partition coefficient (Wildman–Crippen LogP) is 2.38. The van der Waals surface area contributed by atoms with Crippen LogP contribution < -0.4 is 5.32 Å². The van der Waals surface area contributed by atoms with Crippen molar-refractivity contribution in [2.75, 3.05) is 0 Å². The van der Waals surface area contributed by atoms with E-state index in [2.05, 4.69) is 5.32 Å². The molecule has 0 heterocycles. The Morgan fingerprint density at radius 2 is 1.95 bits per heavy atom. The van der Waals surface area contributed by atoms with E-state index in [0.717, 1.165) is 12.0 Å². The smallest absolute Gasteiger partial charge is 0.306 e. The molecule has 0 radical (unpaired) electrons. The van der Waals surface area contributed by atoms with E-state index in [0.29, 0.717) is 12.8 Å². The van der Waals surface area contributed by atoms with Crippen LogP contribution in [0.3, 0.4) is 0 Å². The molecule has 1 aromatic carbocycles. The number of benzene rings is 1. The van der Waals surface area contributed by atoms with E-state index < -0.39 is 5.97 Å². The van der Waals surface area contributed by atoms with Gasteiger partial charge >= 0.3 is 5.97 Å². The largest absolute Gasteiger partial charge is 0.481 e. The number of carbonyl (C=O) groups is 2. The highest BCUT2D eigenvalue weighted by Gasteiger charge is 2.30. The lowest BCUT2D eigenvalue weighted by molar-refractivity contribution is -0.141. The van der Waals surface area contributed by atoms with Crippen molar-refractivity contribution in [1.82, 2.24) is 5.32 Å². The first-order chi connectivity index (χ1) is 9.54. The molecule has 106 valence electrons. The molecule has 4 heteroatoms. The number of carbonyl (C=O) groups excluding carboxylic acids is 1. The van der Waals surface area contributed by atoms with E-state index in [1.807, 2.05) is 31.2 Å². The van der Waals surface area contributed by atoms with Crippen molar-refractivity contribution >= 4 is 18.0 Å². The van der Waals surface area contributed by atoms with Crippen molar-refractivity contribution in [3.05, 3.63) is 41.5 Å². The van der Waals surface area contributed by atoms with Crippen molar-refractivity contribution in [3.63, 3.8) is 0 Å². The highest BCUT2D eigenvalue weighted by atomic mass is 16.4. The number of hydrogen-bond donors (Lipinski definition) is 2. The minimum Gasteiger partial charge on any atom is -0.481 e. The number of nitrogens with one attached hydrogen (secondary N) is 1. The fraction of sp³-hybridized carbons (Fsp3) is 0.375. The highest BCUT2D eigenvalue weighted by Crippen LogP contribution is 2.25. The van der Waals surface area contributed by atoms with Crippen LogP contribution in [0.5, 0.6) is 0 Å². The lowest BCUT2D eigenvalue weighted by Gasteiger charge is -2.10. The van der Waals surface area contributed by atoms with Crippen molar-refractivity contribution in [1.29, 1.82) is 0 Å². The molecule has 0 unspecified atom stereocenters. The Morgan fingerprint density at radius 3 is 2.55 bits per heavy atom. The summed E-state index contributed by atoms with van der Waals surface area (Å²) in [6, 6.07) is 7.87. The van der Waals surface area contributed by atoms with E-state index >= 15 is 0 Å². The van der Waals surface area contributed by atoms with Gasteiger partial charge in [0.15, 0.2) is 0 Å². The molecule has 1 saturated carbocycles. The molecular weight excluding hydrogens is 254 g/mol. The van der Waals surface area contributed by atoms with Crippen molar-refractivity contribution in [3.8, 4) is 0 Å². The lowest BCUT2D eigenvalue weighted by Crippen LogP contribution is -2.31. The second kappa shape index (κ2) is 6.37. The molecule has 2 rings (SSSR count). The Bertz CT molecular complexity index is 519. The number of carboxylic acid groups (broad SMARTS) is 1. The first-order valence-corrected chi connectivity index (χ1v) is 6.82. The maximum Gasteiger partial charge on any atom is 0.306 e. The maximum atomic E-state index is 11.8. The van der Waals surface area contributed by atoms with Crippen LogP contribution in [0.1, 0.15) is 30.4 Å². The Kier molecular flexibility index (Phi) is 4.56. The van der Waals surface area contributed by atoms with Crippen LogP contribution in [0.15, 0.2) is 30.3 Å². The van der Waals surface area contributed by atoms with E-state index in [9.17, 15) is 9.59 Å². The van der Waals surface area contributed by atoms with Crippen LogP contribution in [0.4, 0.5) is 0 Å². The number of rotatable bonds is 4. The third-order valence-corrected chi connectivity index (χ3v) is 3.63. The summed E-state index contributed by atoms with van der Waals surface area (Å²) in [4.78, 5) is 22.6. The molecule has 0 bridgehead atoms. The van der Waals surface area contributed by atoms with E-state index in [-0.39, 0.29) is 17.9 Å². The molecule has 2 N–H and O–H groups in total. The van der Waals surface area contributed by atoms with Gasteiger partial charge in [-0.3, -0.25) is 9.59 Å². The van der Waals surface area contributed by atoms with Gasteiger partial charge in [0.2, 0.25) is 5.91 Å². The molecular formula is C16H19NO3. The van der Waals surface area contributed by atoms with Crippen molar-refractivity contribution in [2.45, 2.75) is 32.2 Å². The third kappa shape index (κ3) is 3.95. The average molecular weight is 273 g/mol. The van der Waals surface area contributed by atoms with Crippen LogP contribution in [0, 0.1) is 12.8 Å². The van der Waals surface area contributed by atoms with Gasteiger partial charge in [-0.1, -0.05) is 29.8 Å². The van der Waals surface area contributed by atoms with Gasteiger partial charge in [-0.25, -0.2) is 0 Å². The standard InChI is InChI=1S/C16H19NO3/c1-11-2-4-12(5-3-11)6-9-15(18)17-14-8-7-13(10-14)16(19)20/h2-6,9,13-14H,7-8,10H2,1H3,(H,17,18)(H,19,20)/b9-6+/t13-,14+/m1/s1. The minimum absolute atomic E-state index is 0.0220. The Hall–Kier alpha value is -2.10. The Balaban J connectivity index is 1.84. The number of hydrogen-bond acceptors (Lipinski definition) is 2. The van der Waals surface area contributed by atoms with Gasteiger partial charge in [0.05, 0.1) is 5.92 Å². The quantitative estimate of drug-likeness (QED) is 0.828. The predicted molar refractivity (Wildman–Crippen MR) is 77.1 cm³/mol. The summed E-state index contributed by atoms with van der Waals surface area (Å²) in [6.45, 7) is 2.01. The van der Waals surface area contributed by atoms with Crippen LogP contribution in [0.2, 0.25) is 0 Å². The molecule has 0 spiro atoms. The number of carboxylic acids is 1. The number of aryl methyl sites for hydroxylation is 1. The van der Waals surface area contributed by atoms with Crippen LogP contribution >= 0.6 is 0 Å². The van der Waals surface area contributed by atoms with Crippen LogP contribution in [-0.4, -0.2) is 23.0 Å². The second-order valence-electron chi connectivity index (χ2n) is 5.30. The van der Waals surface area contributed by atoms with Gasteiger partial charge in [0.1, 0.15) is 0 Å². The molecule has 0 aliphatic heterocycles. The lowest BCUT2D eigenvalue weighted by atomic mass is 10.1. The van der Waals surface area contributed by atoms with Gasteiger partial charge in [-0.15, -0.1) is 0 Å². The molecule has 2 atom stereocenters. The fourth-order valence-electron chi connectivity index (χ4n) is 2.44. The summed E-state index contributed by atoms with van der Waals surface area (Å²) in [6.07, 6.45) is 5.17. The summed E-state index contributed by atoms with van der Waals surface area (Å²) in [5, 5.41) is 11.8. The summed E-state index contributed by atoms with van der Waals surface area (Å²) in [5.41, 5.74) is 2.15. The van der Waals surface area contributed by atoms with E-state index in [1.165, 1.54) is 11.6 Å². The number of amides is 1. The fourth-order valence-corrected chi connectivity index (χ4v) is 2.44. The molecule has 4 nitrogen and oxygen atoms in total. The summed E-state index contributed by atoms with van der Waals surface area (Å²) >= 11 is 0. The molecule has 1 amide bonds. The third-order valence-electron chi connectivity index (χ3n) is 3.63. The van der Waals surface area contributed by atoms with Gasteiger partial charge in [0.25, 0.3) is 0 Å². The Morgan fingerprint density at radius 1 is 1.25 bits per heavy atom. The summed E-state index contributed by atoms with van der Waals surface area (Å²) < 4.78 is 0. The van der Waals surface area contributed by atoms with Gasteiger partial charge < -0.3 is 10.4 Å². The number of aliphatic carboxylic acids is 1. The second-order valence-corrected chi connectivity index (χ2v) is 5.30. The van der Waals surface area contributed by atoms with Crippen LogP contribution in [-0.2, 0) is 9.59 Å². The zero-order valence-corrected chi connectivity index (χ0v) is 11.5. The molecule has 1 fully saturated rings. The molecule has 1 aliphatic rings. The summed E-state index contributed by atoms with van der Waals surface area (Å²) in [7, 11) is 0. The van der Waals surface area contributed by atoms with Gasteiger partial charge in [-0.2, -0.15) is 0 Å². The zero-order valence-electron chi connectivity index (χ0n) is 11.5. The first-order valence-electron chi connectivity index (χ1n) is 6.82. The molecule has 1 aliphatic carbocycles. The molecule has 0 saturated heterocycles. The first kappa shape index (κ1) is 14.3. The molecule has 1 aromatic rings. The highest BCUT2D eigenvalue weighted by molar-refractivity contribution is 5.92. The van der Waals surface area contributed by atoms with E-state index in [4.69, 9.17) is 5.11 Å². The van der Waals surface area contributed by atoms with E-state index in [1.54, 1.807) is 6.08 Å².